The number of carbonyl (C=O) groups excluding carboxylic acids is 1. The summed E-state index contributed by atoms with van der Waals surface area (Å²) < 4.78 is 3.24. The molecule has 0 aliphatic heterocycles. The zero-order valence-corrected chi connectivity index (χ0v) is 13.3. The lowest BCUT2D eigenvalue weighted by Crippen LogP contribution is -2.26. The molecule has 2 heterocycles. The predicted octanol–water partition coefficient (Wildman–Crippen LogP) is 3.46. The molecule has 3 rings (SSSR count). The quantitative estimate of drug-likeness (QED) is 0.775. The summed E-state index contributed by atoms with van der Waals surface area (Å²) in [4.78, 5) is 24.2. The third-order valence-electron chi connectivity index (χ3n) is 3.01. The highest BCUT2D eigenvalue weighted by molar-refractivity contribution is 9.10. The lowest BCUT2D eigenvalue weighted by Gasteiger charge is -2.08. The molecule has 1 aromatic carbocycles. The Balaban J connectivity index is 1.80. The molecule has 0 aliphatic rings. The first-order valence-electron chi connectivity index (χ1n) is 6.25. The van der Waals surface area contributed by atoms with E-state index in [1.807, 2.05) is 29.6 Å². The zero-order chi connectivity index (χ0) is 14.8. The van der Waals surface area contributed by atoms with E-state index in [0.717, 1.165) is 9.17 Å². The van der Waals surface area contributed by atoms with Crippen LogP contribution in [0, 0.1) is 0 Å². The van der Waals surface area contributed by atoms with Crippen molar-refractivity contribution >= 4 is 48.9 Å². The third kappa shape index (κ3) is 3.06. The summed E-state index contributed by atoms with van der Waals surface area (Å²) in [5.74, 6) is -0.232. The summed E-state index contributed by atoms with van der Waals surface area (Å²) in [7, 11) is 0. The summed E-state index contributed by atoms with van der Waals surface area (Å²) in [6, 6.07) is 11.0. The van der Waals surface area contributed by atoms with Gasteiger partial charge >= 0.3 is 0 Å². The number of pyridine rings is 1. The van der Waals surface area contributed by atoms with Crippen LogP contribution in [0.2, 0.25) is 0 Å². The molecule has 6 heteroatoms. The highest BCUT2D eigenvalue weighted by Crippen LogP contribution is 2.17. The van der Waals surface area contributed by atoms with Crippen LogP contribution >= 0.6 is 27.3 Å². The molecule has 106 valence electrons. The Morgan fingerprint density at radius 3 is 2.95 bits per heavy atom. The lowest BCUT2D eigenvalue weighted by atomic mass is 10.3. The van der Waals surface area contributed by atoms with Gasteiger partial charge in [-0.25, -0.2) is 0 Å². The van der Waals surface area contributed by atoms with E-state index in [1.54, 1.807) is 18.3 Å². The van der Waals surface area contributed by atoms with Crippen LogP contribution in [0.3, 0.4) is 0 Å². The van der Waals surface area contributed by atoms with Crippen LogP contribution in [0.4, 0.5) is 5.69 Å². The van der Waals surface area contributed by atoms with E-state index in [9.17, 15) is 9.59 Å². The van der Waals surface area contributed by atoms with Crippen LogP contribution in [0.15, 0.2) is 57.2 Å². The van der Waals surface area contributed by atoms with E-state index < -0.39 is 0 Å². The Bertz CT molecular complexity index is 869. The molecule has 0 bridgehead atoms. The Hall–Kier alpha value is -1.92. The number of nitrogens with one attached hydrogen (secondary N) is 1. The van der Waals surface area contributed by atoms with Gasteiger partial charge in [0.15, 0.2) is 0 Å². The van der Waals surface area contributed by atoms with Crippen LogP contribution in [0.25, 0.3) is 10.1 Å². The van der Waals surface area contributed by atoms with E-state index in [2.05, 4.69) is 21.2 Å². The van der Waals surface area contributed by atoms with Crippen LogP contribution in [-0.4, -0.2) is 10.5 Å². The van der Waals surface area contributed by atoms with E-state index in [-0.39, 0.29) is 18.0 Å². The number of halogens is 1. The number of anilines is 1. The Kier molecular flexibility index (Phi) is 3.90. The van der Waals surface area contributed by atoms with Gasteiger partial charge in [0.25, 0.3) is 5.56 Å². The Labute approximate surface area is 133 Å². The average Bonchev–Trinajstić information content (AvgIpc) is 2.91. The molecule has 0 saturated carbocycles. The third-order valence-corrected chi connectivity index (χ3v) is 4.39. The fourth-order valence-corrected chi connectivity index (χ4v) is 3.22. The van der Waals surface area contributed by atoms with Gasteiger partial charge in [0.1, 0.15) is 6.54 Å². The van der Waals surface area contributed by atoms with Gasteiger partial charge < -0.3 is 9.88 Å². The normalized spacial score (nSPS) is 10.7. The molecule has 0 atom stereocenters. The fourth-order valence-electron chi connectivity index (χ4n) is 2.05. The van der Waals surface area contributed by atoms with E-state index >= 15 is 0 Å². The Morgan fingerprint density at radius 1 is 1.29 bits per heavy atom. The number of aromatic nitrogens is 1. The van der Waals surface area contributed by atoms with Gasteiger partial charge in [0.05, 0.1) is 5.39 Å². The standard InChI is InChI=1S/C15H11BrN2O2S/c16-10-2-1-3-11(8-10)17-14(19)9-18-6-4-13-12(15(18)20)5-7-21-13/h1-8H,9H2,(H,17,19). The molecule has 0 radical (unpaired) electrons. The molecule has 0 spiro atoms. The van der Waals surface area contributed by atoms with Crippen molar-refractivity contribution in [3.8, 4) is 0 Å². The molecule has 3 aromatic rings. The van der Waals surface area contributed by atoms with Crippen molar-refractivity contribution < 1.29 is 4.79 Å². The number of rotatable bonds is 3. The molecule has 2 aromatic heterocycles. The maximum absolute atomic E-state index is 12.2. The minimum Gasteiger partial charge on any atom is -0.324 e. The minimum absolute atomic E-state index is 0.00284. The smallest absolute Gasteiger partial charge is 0.259 e. The van der Waals surface area contributed by atoms with Gasteiger partial charge in [-0.05, 0) is 35.7 Å². The van der Waals surface area contributed by atoms with Crippen molar-refractivity contribution in [3.63, 3.8) is 0 Å². The van der Waals surface area contributed by atoms with Crippen LogP contribution in [-0.2, 0) is 11.3 Å². The maximum Gasteiger partial charge on any atom is 0.259 e. The second kappa shape index (κ2) is 5.83. The highest BCUT2D eigenvalue weighted by Gasteiger charge is 2.08. The molecule has 1 amide bonds. The minimum atomic E-state index is -0.232. The number of fused-ring (bicyclic) bond motifs is 1. The van der Waals surface area contributed by atoms with E-state index in [0.29, 0.717) is 11.1 Å². The van der Waals surface area contributed by atoms with E-state index in [1.165, 1.54) is 15.9 Å². The number of thiophene rings is 1. The van der Waals surface area contributed by atoms with Gasteiger partial charge in [-0.15, -0.1) is 11.3 Å². The largest absolute Gasteiger partial charge is 0.324 e. The van der Waals surface area contributed by atoms with Crippen LogP contribution in [0.5, 0.6) is 0 Å². The molecular formula is C15H11BrN2O2S. The van der Waals surface area contributed by atoms with Gasteiger partial charge in [-0.1, -0.05) is 22.0 Å². The summed E-state index contributed by atoms with van der Waals surface area (Å²) in [5.41, 5.74) is 0.553. The second-order valence-electron chi connectivity index (χ2n) is 4.51. The van der Waals surface area contributed by atoms with Gasteiger partial charge in [-0.3, -0.25) is 9.59 Å². The SMILES string of the molecule is O=C(Cn1ccc2sccc2c1=O)Nc1cccc(Br)c1. The van der Waals surface area contributed by atoms with Gasteiger partial charge in [0.2, 0.25) is 5.91 Å². The highest BCUT2D eigenvalue weighted by atomic mass is 79.9. The number of benzene rings is 1. The first kappa shape index (κ1) is 14.0. The molecule has 0 saturated heterocycles. The van der Waals surface area contributed by atoms with Gasteiger partial charge in [0, 0.05) is 21.1 Å². The van der Waals surface area contributed by atoms with Crippen molar-refractivity contribution in [2.24, 2.45) is 0 Å². The molecule has 0 unspecified atom stereocenters. The molecule has 1 N–H and O–H groups in total. The number of nitrogens with zero attached hydrogens (tertiary/aromatic N) is 1. The number of carbonyl (C=O) groups is 1. The summed E-state index contributed by atoms with van der Waals surface area (Å²) in [5, 5.41) is 5.30. The van der Waals surface area contributed by atoms with Crippen molar-refractivity contribution in [1.29, 1.82) is 0 Å². The molecule has 4 nitrogen and oxygen atoms in total. The van der Waals surface area contributed by atoms with Crippen LogP contribution < -0.4 is 10.9 Å². The second-order valence-corrected chi connectivity index (χ2v) is 6.37. The molecule has 21 heavy (non-hydrogen) atoms. The summed E-state index contributed by atoms with van der Waals surface area (Å²) in [6.45, 7) is -0.00284. The number of hydrogen-bond acceptors (Lipinski definition) is 3. The van der Waals surface area contributed by atoms with Crippen molar-refractivity contribution in [2.75, 3.05) is 5.32 Å². The number of amides is 1. The maximum atomic E-state index is 12.2. The monoisotopic (exact) mass is 362 g/mol. The van der Waals surface area contributed by atoms with Crippen molar-refractivity contribution in [1.82, 2.24) is 4.57 Å². The van der Waals surface area contributed by atoms with E-state index in [4.69, 9.17) is 0 Å². The first-order valence-corrected chi connectivity index (χ1v) is 7.93. The zero-order valence-electron chi connectivity index (χ0n) is 10.9. The van der Waals surface area contributed by atoms with Crippen LogP contribution in [0.1, 0.15) is 0 Å². The lowest BCUT2D eigenvalue weighted by molar-refractivity contribution is -0.116. The average molecular weight is 363 g/mol. The summed E-state index contributed by atoms with van der Waals surface area (Å²) in [6.07, 6.45) is 1.65. The Morgan fingerprint density at radius 2 is 2.14 bits per heavy atom. The molecular weight excluding hydrogens is 352 g/mol. The fraction of sp³-hybridized carbons (Fsp3) is 0.0667. The topological polar surface area (TPSA) is 51.1 Å². The number of hydrogen-bond donors (Lipinski definition) is 1. The van der Waals surface area contributed by atoms with Gasteiger partial charge in [-0.2, -0.15) is 0 Å². The first-order chi connectivity index (χ1) is 10.1. The van der Waals surface area contributed by atoms with Crippen molar-refractivity contribution in [3.05, 3.63) is 62.8 Å². The predicted molar refractivity (Wildman–Crippen MR) is 88.9 cm³/mol. The molecule has 0 fully saturated rings. The molecule has 0 aliphatic carbocycles. The summed E-state index contributed by atoms with van der Waals surface area (Å²) >= 11 is 4.86. The van der Waals surface area contributed by atoms with Crippen molar-refractivity contribution in [2.45, 2.75) is 6.54 Å².